The maximum atomic E-state index is 5.62. The fourth-order valence-corrected chi connectivity index (χ4v) is 1.94. The lowest BCUT2D eigenvalue weighted by Gasteiger charge is -2.07. The molecule has 19 heavy (non-hydrogen) atoms. The van der Waals surface area contributed by atoms with Crippen LogP contribution in [0.5, 0.6) is 5.75 Å². The van der Waals surface area contributed by atoms with Crippen molar-refractivity contribution in [3.05, 3.63) is 58.8 Å². The van der Waals surface area contributed by atoms with Crippen molar-refractivity contribution in [1.82, 2.24) is 10.3 Å². The van der Waals surface area contributed by atoms with Gasteiger partial charge in [0.25, 0.3) is 0 Å². The van der Waals surface area contributed by atoms with Crippen molar-refractivity contribution in [2.75, 3.05) is 19.7 Å². The summed E-state index contributed by atoms with van der Waals surface area (Å²) in [5.74, 6) is 0.902. The Balaban J connectivity index is 1.56. The van der Waals surface area contributed by atoms with E-state index >= 15 is 0 Å². The second-order valence-corrected chi connectivity index (χ2v) is 5.07. The highest BCUT2D eigenvalue weighted by Gasteiger charge is 1.94. The minimum Gasteiger partial charge on any atom is -0.492 e. The van der Waals surface area contributed by atoms with Gasteiger partial charge in [-0.15, -0.1) is 0 Å². The summed E-state index contributed by atoms with van der Waals surface area (Å²) in [5, 5.41) is 3.36. The molecule has 0 aliphatic heterocycles. The van der Waals surface area contributed by atoms with Gasteiger partial charge in [-0.05, 0) is 54.9 Å². The van der Waals surface area contributed by atoms with Gasteiger partial charge in [0.15, 0.2) is 0 Å². The van der Waals surface area contributed by atoms with Gasteiger partial charge >= 0.3 is 0 Å². The molecule has 0 spiro atoms. The van der Waals surface area contributed by atoms with E-state index in [0.717, 1.165) is 29.7 Å². The van der Waals surface area contributed by atoms with E-state index in [9.17, 15) is 0 Å². The number of hydrogen-bond acceptors (Lipinski definition) is 3. The van der Waals surface area contributed by atoms with Crippen LogP contribution in [0.2, 0.25) is 0 Å². The van der Waals surface area contributed by atoms with E-state index < -0.39 is 0 Å². The summed E-state index contributed by atoms with van der Waals surface area (Å²) in [4.78, 5) is 4.00. The molecular weight excluding hydrogens is 304 g/mol. The van der Waals surface area contributed by atoms with Crippen molar-refractivity contribution >= 4 is 15.9 Å². The van der Waals surface area contributed by atoms with Gasteiger partial charge in [0, 0.05) is 23.4 Å². The third kappa shape index (κ3) is 5.41. The van der Waals surface area contributed by atoms with E-state index in [0.29, 0.717) is 6.61 Å². The number of nitrogens with zero attached hydrogens (tertiary/aromatic N) is 1. The molecule has 0 aliphatic carbocycles. The zero-order valence-corrected chi connectivity index (χ0v) is 12.3. The Kier molecular flexibility index (Phi) is 5.85. The van der Waals surface area contributed by atoms with Gasteiger partial charge in [0.1, 0.15) is 12.4 Å². The lowest BCUT2D eigenvalue weighted by atomic mass is 10.2. The lowest BCUT2D eigenvalue weighted by Crippen LogP contribution is -2.23. The van der Waals surface area contributed by atoms with E-state index in [-0.39, 0.29) is 0 Å². The quantitative estimate of drug-likeness (QED) is 0.796. The van der Waals surface area contributed by atoms with Gasteiger partial charge in [-0.1, -0.05) is 15.9 Å². The Morgan fingerprint density at radius 2 is 1.74 bits per heavy atom. The van der Waals surface area contributed by atoms with Crippen molar-refractivity contribution in [3.8, 4) is 5.75 Å². The van der Waals surface area contributed by atoms with Crippen LogP contribution in [0.1, 0.15) is 5.56 Å². The van der Waals surface area contributed by atoms with Crippen LogP contribution in [0.3, 0.4) is 0 Å². The van der Waals surface area contributed by atoms with Crippen LogP contribution in [0.25, 0.3) is 0 Å². The van der Waals surface area contributed by atoms with Crippen molar-refractivity contribution in [1.29, 1.82) is 0 Å². The Morgan fingerprint density at radius 3 is 2.47 bits per heavy atom. The summed E-state index contributed by atoms with van der Waals surface area (Å²) >= 11 is 3.40. The summed E-state index contributed by atoms with van der Waals surface area (Å²) in [6, 6.07) is 12.0. The molecule has 1 aromatic carbocycles. The molecule has 2 rings (SSSR count). The van der Waals surface area contributed by atoms with Gasteiger partial charge < -0.3 is 10.1 Å². The average Bonchev–Trinajstić information content (AvgIpc) is 2.46. The minimum absolute atomic E-state index is 0.679. The highest BCUT2D eigenvalue weighted by Crippen LogP contribution is 2.15. The van der Waals surface area contributed by atoms with Crippen LogP contribution in [0.4, 0.5) is 0 Å². The Morgan fingerprint density at radius 1 is 1.00 bits per heavy atom. The molecule has 3 nitrogen and oxygen atoms in total. The number of pyridine rings is 1. The van der Waals surface area contributed by atoms with Gasteiger partial charge in [0.2, 0.25) is 0 Å². The molecule has 0 bridgehead atoms. The fraction of sp³-hybridized carbons (Fsp3) is 0.267. The maximum Gasteiger partial charge on any atom is 0.119 e. The number of ether oxygens (including phenoxy) is 1. The van der Waals surface area contributed by atoms with E-state index in [4.69, 9.17) is 4.74 Å². The zero-order chi connectivity index (χ0) is 13.3. The van der Waals surface area contributed by atoms with Crippen molar-refractivity contribution in [3.63, 3.8) is 0 Å². The van der Waals surface area contributed by atoms with E-state index in [1.54, 1.807) is 0 Å². The maximum absolute atomic E-state index is 5.62. The molecule has 0 amide bonds. The third-order valence-electron chi connectivity index (χ3n) is 2.70. The number of aromatic nitrogens is 1. The Hall–Kier alpha value is -1.39. The number of nitrogens with one attached hydrogen (secondary N) is 1. The van der Waals surface area contributed by atoms with E-state index in [1.807, 2.05) is 48.8 Å². The summed E-state index contributed by atoms with van der Waals surface area (Å²) in [5.41, 5.74) is 1.30. The molecule has 0 radical (unpaired) electrons. The predicted molar refractivity (Wildman–Crippen MR) is 80.4 cm³/mol. The standard InChI is InChI=1S/C15H17BrN2O/c16-14-1-3-15(4-2-14)19-12-11-18-10-7-13-5-8-17-9-6-13/h1-6,8-9,18H,7,10-12H2. The molecule has 1 heterocycles. The van der Waals surface area contributed by atoms with Crippen LogP contribution in [0, 0.1) is 0 Å². The van der Waals surface area contributed by atoms with Gasteiger partial charge in [-0.3, -0.25) is 4.98 Å². The summed E-state index contributed by atoms with van der Waals surface area (Å²) < 4.78 is 6.69. The number of hydrogen-bond donors (Lipinski definition) is 1. The van der Waals surface area contributed by atoms with Crippen LogP contribution in [0.15, 0.2) is 53.3 Å². The van der Waals surface area contributed by atoms with Crippen LogP contribution in [-0.4, -0.2) is 24.7 Å². The molecule has 0 aliphatic rings. The average molecular weight is 321 g/mol. The Labute approximate surface area is 122 Å². The first kappa shape index (κ1) is 14.0. The number of halogens is 1. The highest BCUT2D eigenvalue weighted by atomic mass is 79.9. The fourth-order valence-electron chi connectivity index (χ4n) is 1.68. The van der Waals surface area contributed by atoms with Gasteiger partial charge in [-0.25, -0.2) is 0 Å². The summed E-state index contributed by atoms with van der Waals surface area (Å²) in [6.45, 7) is 2.48. The molecule has 0 fully saturated rings. The van der Waals surface area contributed by atoms with Gasteiger partial charge in [0.05, 0.1) is 0 Å². The first-order chi connectivity index (χ1) is 9.34. The molecule has 1 aromatic heterocycles. The van der Waals surface area contributed by atoms with E-state index in [1.165, 1.54) is 5.56 Å². The molecule has 0 saturated heterocycles. The monoisotopic (exact) mass is 320 g/mol. The molecule has 100 valence electrons. The number of benzene rings is 1. The number of rotatable bonds is 7. The zero-order valence-electron chi connectivity index (χ0n) is 10.7. The van der Waals surface area contributed by atoms with Crippen LogP contribution in [-0.2, 0) is 6.42 Å². The normalized spacial score (nSPS) is 10.4. The summed E-state index contributed by atoms with van der Waals surface area (Å²) in [7, 11) is 0. The molecular formula is C15H17BrN2O. The highest BCUT2D eigenvalue weighted by molar-refractivity contribution is 9.10. The predicted octanol–water partition coefficient (Wildman–Crippen LogP) is 3.06. The minimum atomic E-state index is 0.679. The smallest absolute Gasteiger partial charge is 0.119 e. The molecule has 0 unspecified atom stereocenters. The molecule has 0 saturated carbocycles. The van der Waals surface area contributed by atoms with Crippen LogP contribution >= 0.6 is 15.9 Å². The topological polar surface area (TPSA) is 34.1 Å². The second-order valence-electron chi connectivity index (χ2n) is 4.16. The largest absolute Gasteiger partial charge is 0.492 e. The van der Waals surface area contributed by atoms with Gasteiger partial charge in [-0.2, -0.15) is 0 Å². The first-order valence-corrected chi connectivity index (χ1v) is 7.12. The SMILES string of the molecule is Brc1ccc(OCCNCCc2ccncc2)cc1. The van der Waals surface area contributed by atoms with E-state index in [2.05, 4.69) is 26.2 Å². The lowest BCUT2D eigenvalue weighted by molar-refractivity contribution is 0.314. The molecule has 2 aromatic rings. The summed E-state index contributed by atoms with van der Waals surface area (Å²) in [6.07, 6.45) is 4.67. The van der Waals surface area contributed by atoms with Crippen molar-refractivity contribution in [2.45, 2.75) is 6.42 Å². The third-order valence-corrected chi connectivity index (χ3v) is 3.23. The molecule has 4 heteroatoms. The molecule has 0 atom stereocenters. The van der Waals surface area contributed by atoms with Crippen molar-refractivity contribution < 1.29 is 4.74 Å². The van der Waals surface area contributed by atoms with Crippen LogP contribution < -0.4 is 10.1 Å². The van der Waals surface area contributed by atoms with Crippen molar-refractivity contribution in [2.24, 2.45) is 0 Å². The molecule has 1 N–H and O–H groups in total. The second kappa shape index (κ2) is 7.92. The first-order valence-electron chi connectivity index (χ1n) is 6.32. The Bertz CT molecular complexity index is 473.